The fourth-order valence-corrected chi connectivity index (χ4v) is 8.62. The summed E-state index contributed by atoms with van der Waals surface area (Å²) in [6.45, 7) is 6.11. The standard InChI is InChI=1S/C30H36FN7O3S2/c1-16(2)43-25-23(15-33-27-24(25)17(3)35-36(27)4)28(39)34-19-5-7-20(8-6-19)38-29(40)22-13-18(31)14-32-26(22)37(30(38)41)21-9-11-42-12-10-21/h13-16,19-21H,5-12H2,1-4H3,(H,34,39)/t19-,20+. The number of aryl methyl sites for hydroxylation is 2. The number of rotatable bonds is 6. The van der Waals surface area contributed by atoms with Crippen molar-refractivity contribution in [1.29, 1.82) is 0 Å². The van der Waals surface area contributed by atoms with Crippen molar-refractivity contribution in [3.63, 3.8) is 0 Å². The molecule has 13 heteroatoms. The lowest BCUT2D eigenvalue weighted by Gasteiger charge is -2.31. The number of halogens is 1. The molecule has 1 saturated carbocycles. The summed E-state index contributed by atoms with van der Waals surface area (Å²) in [5.74, 6) is 1.05. The van der Waals surface area contributed by atoms with Gasteiger partial charge in [0, 0.05) is 41.5 Å². The fraction of sp³-hybridized carbons (Fsp3) is 0.533. The smallest absolute Gasteiger partial charge is 0.333 e. The zero-order valence-electron chi connectivity index (χ0n) is 24.8. The van der Waals surface area contributed by atoms with E-state index in [0.717, 1.165) is 52.2 Å². The van der Waals surface area contributed by atoms with E-state index in [1.54, 1.807) is 27.2 Å². The first kappa shape index (κ1) is 29.9. The van der Waals surface area contributed by atoms with Crippen LogP contribution in [0.1, 0.15) is 80.5 Å². The monoisotopic (exact) mass is 625 g/mol. The lowest BCUT2D eigenvalue weighted by molar-refractivity contribution is 0.0918. The predicted octanol–water partition coefficient (Wildman–Crippen LogP) is 4.77. The van der Waals surface area contributed by atoms with Gasteiger partial charge in [0.1, 0.15) is 11.5 Å². The summed E-state index contributed by atoms with van der Waals surface area (Å²) >= 11 is 3.47. The van der Waals surface area contributed by atoms with Crippen molar-refractivity contribution in [2.75, 3.05) is 11.5 Å². The van der Waals surface area contributed by atoms with Crippen LogP contribution in [0.5, 0.6) is 0 Å². The minimum Gasteiger partial charge on any atom is -0.349 e. The highest BCUT2D eigenvalue weighted by atomic mass is 32.2. The van der Waals surface area contributed by atoms with Gasteiger partial charge < -0.3 is 5.32 Å². The third kappa shape index (κ3) is 5.61. The molecule has 1 saturated heterocycles. The Balaban J connectivity index is 1.26. The summed E-state index contributed by atoms with van der Waals surface area (Å²) in [5.41, 5.74) is 1.49. The number of pyridine rings is 2. The Morgan fingerprint density at radius 1 is 1.02 bits per heavy atom. The molecule has 5 heterocycles. The number of nitrogens with one attached hydrogen (secondary N) is 1. The van der Waals surface area contributed by atoms with Crippen molar-refractivity contribution in [1.82, 2.24) is 34.2 Å². The normalized spacial score (nSPS) is 19.9. The molecule has 1 aliphatic heterocycles. The maximum absolute atomic E-state index is 14.2. The summed E-state index contributed by atoms with van der Waals surface area (Å²) < 4.78 is 18.9. The predicted molar refractivity (Wildman–Crippen MR) is 169 cm³/mol. The highest BCUT2D eigenvalue weighted by molar-refractivity contribution is 8.00. The number of hydrogen-bond acceptors (Lipinski definition) is 8. The van der Waals surface area contributed by atoms with Crippen LogP contribution >= 0.6 is 23.5 Å². The molecule has 4 aromatic rings. The number of fused-ring (bicyclic) bond motifs is 2. The Kier molecular flexibility index (Phi) is 8.38. The Morgan fingerprint density at radius 3 is 2.40 bits per heavy atom. The molecule has 0 aromatic carbocycles. The van der Waals surface area contributed by atoms with E-state index in [4.69, 9.17) is 0 Å². The van der Waals surface area contributed by atoms with Gasteiger partial charge in [0.05, 0.1) is 28.2 Å². The molecule has 4 aromatic heterocycles. The average molecular weight is 626 g/mol. The quantitative estimate of drug-likeness (QED) is 0.305. The van der Waals surface area contributed by atoms with E-state index >= 15 is 0 Å². The van der Waals surface area contributed by atoms with Crippen molar-refractivity contribution >= 4 is 51.5 Å². The minimum atomic E-state index is -0.601. The van der Waals surface area contributed by atoms with Crippen LogP contribution in [0.3, 0.4) is 0 Å². The minimum absolute atomic E-state index is 0.0796. The van der Waals surface area contributed by atoms with Crippen LogP contribution in [-0.2, 0) is 7.05 Å². The second-order valence-electron chi connectivity index (χ2n) is 11.8. The Labute approximate surface area is 256 Å². The number of thioether (sulfide) groups is 2. The van der Waals surface area contributed by atoms with E-state index in [9.17, 15) is 18.8 Å². The van der Waals surface area contributed by atoms with Crippen LogP contribution in [-0.4, -0.2) is 57.6 Å². The lowest BCUT2D eigenvalue weighted by Crippen LogP contribution is -2.46. The van der Waals surface area contributed by atoms with Crippen LogP contribution in [0.4, 0.5) is 4.39 Å². The molecule has 43 heavy (non-hydrogen) atoms. The number of nitrogens with zero attached hydrogens (tertiary/aromatic N) is 6. The molecule has 228 valence electrons. The van der Waals surface area contributed by atoms with E-state index in [0.29, 0.717) is 31.2 Å². The molecule has 6 rings (SSSR count). The van der Waals surface area contributed by atoms with Crippen molar-refractivity contribution in [3.8, 4) is 0 Å². The van der Waals surface area contributed by atoms with E-state index in [1.165, 1.54) is 10.6 Å². The fourth-order valence-electron chi connectivity index (χ4n) is 6.44. The van der Waals surface area contributed by atoms with Crippen molar-refractivity contribution in [2.24, 2.45) is 7.05 Å². The summed E-state index contributed by atoms with van der Waals surface area (Å²) in [4.78, 5) is 50.7. The first-order valence-corrected chi connectivity index (χ1v) is 16.9. The third-order valence-corrected chi connectivity index (χ3v) is 10.6. The van der Waals surface area contributed by atoms with Gasteiger partial charge in [0.15, 0.2) is 5.65 Å². The summed E-state index contributed by atoms with van der Waals surface area (Å²) in [7, 11) is 1.85. The molecule has 2 aliphatic rings. The first-order valence-electron chi connectivity index (χ1n) is 14.8. The third-order valence-electron chi connectivity index (χ3n) is 8.45. The van der Waals surface area contributed by atoms with Crippen LogP contribution in [0.25, 0.3) is 22.1 Å². The summed E-state index contributed by atoms with van der Waals surface area (Å²) in [6, 6.07) is 0.665. The molecular weight excluding hydrogens is 590 g/mol. The maximum Gasteiger partial charge on any atom is 0.333 e. The Bertz CT molecular complexity index is 1820. The average Bonchev–Trinajstić information content (AvgIpc) is 3.28. The molecule has 1 amide bonds. The number of carbonyl (C=O) groups excluding carboxylic acids is 1. The molecule has 1 aliphatic carbocycles. The maximum atomic E-state index is 14.2. The van der Waals surface area contributed by atoms with Crippen LogP contribution < -0.4 is 16.6 Å². The molecule has 2 fully saturated rings. The lowest BCUT2D eigenvalue weighted by atomic mass is 9.90. The number of carbonyl (C=O) groups is 1. The van der Waals surface area contributed by atoms with Crippen LogP contribution in [0.15, 0.2) is 32.9 Å². The van der Waals surface area contributed by atoms with Gasteiger partial charge in [-0.05, 0) is 63.0 Å². The summed E-state index contributed by atoms with van der Waals surface area (Å²) in [5, 5.41) is 8.99. The van der Waals surface area contributed by atoms with E-state index in [2.05, 4.69) is 34.2 Å². The molecule has 0 spiro atoms. The second kappa shape index (κ2) is 12.1. The van der Waals surface area contributed by atoms with Crippen molar-refractivity contribution in [2.45, 2.75) is 87.6 Å². The van der Waals surface area contributed by atoms with Gasteiger partial charge in [-0.3, -0.25) is 23.4 Å². The molecule has 10 nitrogen and oxygen atoms in total. The largest absolute Gasteiger partial charge is 0.349 e. The van der Waals surface area contributed by atoms with Gasteiger partial charge in [0.2, 0.25) is 0 Å². The number of amides is 1. The molecule has 0 bridgehead atoms. The SMILES string of the molecule is Cc1nn(C)c2ncc(C(=O)N[C@H]3CC[C@@H](n4c(=O)c5cc(F)cnc5n(C5CCSCC5)c4=O)CC3)c(SC(C)C)c12. The molecule has 0 radical (unpaired) electrons. The van der Waals surface area contributed by atoms with Gasteiger partial charge in [-0.25, -0.2) is 19.2 Å². The van der Waals surface area contributed by atoms with E-state index in [-0.39, 0.29) is 46.0 Å². The zero-order valence-corrected chi connectivity index (χ0v) is 26.4. The van der Waals surface area contributed by atoms with Crippen molar-refractivity contribution < 1.29 is 9.18 Å². The summed E-state index contributed by atoms with van der Waals surface area (Å²) in [6.07, 6.45) is 6.59. The van der Waals surface area contributed by atoms with Gasteiger partial charge in [0.25, 0.3) is 11.5 Å². The van der Waals surface area contributed by atoms with Gasteiger partial charge in [-0.2, -0.15) is 16.9 Å². The zero-order chi connectivity index (χ0) is 30.4. The van der Waals surface area contributed by atoms with Gasteiger partial charge in [-0.15, -0.1) is 11.8 Å². The molecule has 1 N–H and O–H groups in total. The van der Waals surface area contributed by atoms with Crippen molar-refractivity contribution in [3.05, 3.63) is 56.4 Å². The highest BCUT2D eigenvalue weighted by Crippen LogP contribution is 2.35. The van der Waals surface area contributed by atoms with Gasteiger partial charge >= 0.3 is 5.69 Å². The topological polar surface area (TPSA) is 117 Å². The number of hydrogen-bond donors (Lipinski definition) is 1. The van der Waals surface area contributed by atoms with E-state index < -0.39 is 11.4 Å². The van der Waals surface area contributed by atoms with Crippen LogP contribution in [0, 0.1) is 12.7 Å². The number of aromatic nitrogens is 6. The van der Waals surface area contributed by atoms with Crippen LogP contribution in [0.2, 0.25) is 0 Å². The Hall–Kier alpha value is -3.19. The second-order valence-corrected chi connectivity index (χ2v) is 14.6. The molecule has 0 unspecified atom stereocenters. The first-order chi connectivity index (χ1) is 20.6. The van der Waals surface area contributed by atoms with E-state index in [1.807, 2.05) is 25.7 Å². The van der Waals surface area contributed by atoms with Gasteiger partial charge in [-0.1, -0.05) is 13.8 Å². The molecular formula is C30H36FN7O3S2. The highest BCUT2D eigenvalue weighted by Gasteiger charge is 2.30. The molecule has 0 atom stereocenters. The Morgan fingerprint density at radius 2 is 1.70 bits per heavy atom.